The Hall–Kier alpha value is -2.60. The molecule has 0 radical (unpaired) electrons. The summed E-state index contributed by atoms with van der Waals surface area (Å²) in [5, 5.41) is 3.87. The van der Waals surface area contributed by atoms with Gasteiger partial charge >= 0.3 is 5.97 Å². The van der Waals surface area contributed by atoms with Crippen LogP contribution < -0.4 is 9.62 Å². The van der Waals surface area contributed by atoms with Gasteiger partial charge in [0.25, 0.3) is 0 Å². The highest BCUT2D eigenvalue weighted by Gasteiger charge is 2.19. The summed E-state index contributed by atoms with van der Waals surface area (Å²) < 4.78 is 31.8. The molecule has 1 amide bonds. The Kier molecular flexibility index (Phi) is 8.13. The lowest BCUT2D eigenvalue weighted by Crippen LogP contribution is -2.26. The second-order valence-electron chi connectivity index (χ2n) is 6.74. The van der Waals surface area contributed by atoms with Crippen LogP contribution in [0, 0.1) is 0 Å². The average molecular weight is 494 g/mol. The van der Waals surface area contributed by atoms with E-state index in [4.69, 9.17) is 4.74 Å². The number of aryl methyl sites for hydroxylation is 1. The number of anilines is 2. The van der Waals surface area contributed by atoms with Crippen LogP contribution in [0.25, 0.3) is 0 Å². The zero-order valence-corrected chi connectivity index (χ0v) is 20.1. The summed E-state index contributed by atoms with van der Waals surface area (Å²) >= 11 is 2.38. The fourth-order valence-corrected chi connectivity index (χ4v) is 5.72. The van der Waals surface area contributed by atoms with E-state index in [2.05, 4.69) is 16.6 Å². The van der Waals surface area contributed by atoms with E-state index in [1.807, 2.05) is 24.3 Å². The zero-order chi connectivity index (χ0) is 23.1. The lowest BCUT2D eigenvalue weighted by molar-refractivity contribution is -0.144. The van der Waals surface area contributed by atoms with Crippen molar-refractivity contribution in [2.45, 2.75) is 37.5 Å². The molecule has 3 aromatic rings. The molecule has 2 aromatic heterocycles. The number of thiazole rings is 1. The van der Waals surface area contributed by atoms with Crippen LogP contribution in [0.2, 0.25) is 0 Å². The van der Waals surface area contributed by atoms with Crippen molar-refractivity contribution in [1.29, 1.82) is 0 Å². The minimum absolute atomic E-state index is 0.0620. The maximum Gasteiger partial charge on any atom is 0.307 e. The highest BCUT2D eigenvalue weighted by atomic mass is 32.2. The zero-order valence-electron chi connectivity index (χ0n) is 17.6. The number of hydrogen-bond donors (Lipinski definition) is 1. The van der Waals surface area contributed by atoms with Gasteiger partial charge in [-0.1, -0.05) is 25.1 Å². The molecule has 170 valence electrons. The number of hydrogen-bond acceptors (Lipinski definition) is 8. The first-order chi connectivity index (χ1) is 15.3. The quantitative estimate of drug-likeness (QED) is 0.430. The number of thiophene rings is 1. The van der Waals surface area contributed by atoms with E-state index >= 15 is 0 Å². The first kappa shape index (κ1) is 24.1. The lowest BCUT2D eigenvalue weighted by Gasteiger charge is -2.18. The summed E-state index contributed by atoms with van der Waals surface area (Å²) in [6.45, 7) is 3.40. The predicted molar refractivity (Wildman–Crippen MR) is 125 cm³/mol. The van der Waals surface area contributed by atoms with Crippen LogP contribution in [0.3, 0.4) is 0 Å². The first-order valence-corrected chi connectivity index (χ1v) is 13.1. The molecule has 0 fully saturated rings. The summed E-state index contributed by atoms with van der Waals surface area (Å²) in [5.74, 6) is -0.725. The van der Waals surface area contributed by atoms with Gasteiger partial charge in [-0.15, -0.1) is 22.7 Å². The number of nitrogens with one attached hydrogen (secondary N) is 1. The monoisotopic (exact) mass is 493 g/mol. The van der Waals surface area contributed by atoms with Crippen LogP contribution in [0.15, 0.2) is 51.4 Å². The number of esters is 1. The van der Waals surface area contributed by atoms with Crippen molar-refractivity contribution >= 4 is 55.4 Å². The summed E-state index contributed by atoms with van der Waals surface area (Å²) in [6, 6.07) is 10.8. The number of aromatic nitrogens is 1. The minimum atomic E-state index is -3.61. The third kappa shape index (κ3) is 6.22. The van der Waals surface area contributed by atoms with E-state index in [0.717, 1.165) is 17.8 Å². The van der Waals surface area contributed by atoms with Gasteiger partial charge in [0.2, 0.25) is 15.9 Å². The number of nitrogens with zero attached hydrogens (tertiary/aromatic N) is 2. The molecule has 0 saturated carbocycles. The topological polar surface area (TPSA) is 106 Å². The fourth-order valence-electron chi connectivity index (χ4n) is 2.77. The number of benzene rings is 1. The van der Waals surface area contributed by atoms with Gasteiger partial charge in [0, 0.05) is 18.8 Å². The maximum atomic E-state index is 12.2. The smallest absolute Gasteiger partial charge is 0.307 e. The number of amides is 1. The fraction of sp³-hybridized carbons (Fsp3) is 0.286. The summed E-state index contributed by atoms with van der Waals surface area (Å²) in [4.78, 5) is 30.1. The van der Waals surface area contributed by atoms with Gasteiger partial charge in [0.15, 0.2) is 5.13 Å². The summed E-state index contributed by atoms with van der Waals surface area (Å²) in [5.41, 5.74) is 2.39. The van der Waals surface area contributed by atoms with Crippen LogP contribution >= 0.6 is 22.7 Å². The number of carbonyl (C=O) groups excluding carboxylic acids is 2. The Morgan fingerprint density at radius 3 is 2.53 bits per heavy atom. The molecule has 2 heterocycles. The Bertz CT molecular complexity index is 1160. The van der Waals surface area contributed by atoms with E-state index in [0.29, 0.717) is 16.5 Å². The van der Waals surface area contributed by atoms with Gasteiger partial charge < -0.3 is 4.74 Å². The van der Waals surface area contributed by atoms with Gasteiger partial charge in [-0.3, -0.25) is 14.5 Å². The number of sulfonamides is 1. The van der Waals surface area contributed by atoms with Crippen molar-refractivity contribution in [1.82, 2.24) is 9.71 Å². The van der Waals surface area contributed by atoms with E-state index in [1.165, 1.54) is 34.8 Å². The molecule has 11 heteroatoms. The second kappa shape index (κ2) is 10.8. The molecule has 0 unspecified atom stereocenters. The van der Waals surface area contributed by atoms with Crippen LogP contribution in [0.5, 0.6) is 0 Å². The molecule has 0 aliphatic heterocycles. The molecule has 0 aliphatic carbocycles. The van der Waals surface area contributed by atoms with E-state index in [9.17, 15) is 18.0 Å². The van der Waals surface area contributed by atoms with Gasteiger partial charge in [0.05, 0.1) is 17.8 Å². The van der Waals surface area contributed by atoms with Crippen molar-refractivity contribution in [2.24, 2.45) is 0 Å². The SMILES string of the molecule is CCc1ccc(N(C(C)=O)c2nc(COC(=O)CCNS(=O)(=O)c3cccs3)cs2)cc1. The van der Waals surface area contributed by atoms with Crippen LogP contribution in [-0.2, 0) is 37.4 Å². The van der Waals surface area contributed by atoms with E-state index < -0.39 is 16.0 Å². The Morgan fingerprint density at radius 2 is 1.91 bits per heavy atom. The number of carbonyl (C=O) groups is 2. The molecule has 1 N–H and O–H groups in total. The molecule has 8 nitrogen and oxygen atoms in total. The van der Waals surface area contributed by atoms with E-state index in [-0.39, 0.29) is 29.7 Å². The first-order valence-electron chi connectivity index (χ1n) is 9.83. The maximum absolute atomic E-state index is 12.2. The summed E-state index contributed by atoms with van der Waals surface area (Å²) in [7, 11) is -3.61. The Balaban J connectivity index is 1.53. The van der Waals surface area contributed by atoms with Gasteiger partial charge in [0.1, 0.15) is 10.8 Å². The molecule has 32 heavy (non-hydrogen) atoms. The van der Waals surface area contributed by atoms with Crippen molar-refractivity contribution in [3.05, 3.63) is 58.4 Å². The minimum Gasteiger partial charge on any atom is -0.459 e. The molecule has 1 aromatic carbocycles. The highest BCUT2D eigenvalue weighted by molar-refractivity contribution is 7.91. The Morgan fingerprint density at radius 1 is 1.16 bits per heavy atom. The number of ether oxygens (including phenoxy) is 1. The third-order valence-electron chi connectivity index (χ3n) is 4.41. The molecule has 0 aliphatic rings. The van der Waals surface area contributed by atoms with Gasteiger partial charge in [-0.05, 0) is 35.6 Å². The van der Waals surface area contributed by atoms with E-state index in [1.54, 1.807) is 16.8 Å². The van der Waals surface area contributed by atoms with Crippen LogP contribution in [-0.4, -0.2) is 31.8 Å². The van der Waals surface area contributed by atoms with Crippen molar-refractivity contribution in [2.75, 3.05) is 11.4 Å². The van der Waals surface area contributed by atoms with Crippen molar-refractivity contribution in [3.8, 4) is 0 Å². The largest absolute Gasteiger partial charge is 0.459 e. The molecule has 0 saturated heterocycles. The lowest BCUT2D eigenvalue weighted by atomic mass is 10.1. The second-order valence-corrected chi connectivity index (χ2v) is 10.5. The molecule has 0 spiro atoms. The van der Waals surface area contributed by atoms with Crippen molar-refractivity contribution in [3.63, 3.8) is 0 Å². The molecule has 3 rings (SSSR count). The number of rotatable bonds is 10. The normalized spacial score (nSPS) is 11.3. The molecule has 0 bridgehead atoms. The molecular formula is C21H23N3O5S3. The van der Waals surface area contributed by atoms with Crippen molar-refractivity contribution < 1.29 is 22.7 Å². The average Bonchev–Trinajstić information content (AvgIpc) is 3.46. The van der Waals surface area contributed by atoms with Crippen LogP contribution in [0.1, 0.15) is 31.5 Å². The third-order valence-corrected chi connectivity index (χ3v) is 8.14. The summed E-state index contributed by atoms with van der Waals surface area (Å²) in [6.07, 6.45) is 0.799. The Labute approximate surface area is 194 Å². The highest BCUT2D eigenvalue weighted by Crippen LogP contribution is 2.29. The van der Waals surface area contributed by atoms with Crippen LogP contribution in [0.4, 0.5) is 10.8 Å². The standard InChI is InChI=1S/C21H23N3O5S3/c1-3-16-6-8-18(9-7-16)24(15(2)25)21-23-17(14-31-21)13-29-19(26)10-11-22-32(27,28)20-5-4-12-30-20/h4-9,12,14,22H,3,10-11,13H2,1-2H3. The predicted octanol–water partition coefficient (Wildman–Crippen LogP) is 3.86. The van der Waals surface area contributed by atoms with Gasteiger partial charge in [-0.2, -0.15) is 0 Å². The molecular weight excluding hydrogens is 470 g/mol. The molecule has 0 atom stereocenters. The van der Waals surface area contributed by atoms with Gasteiger partial charge in [-0.25, -0.2) is 18.1 Å².